The van der Waals surface area contributed by atoms with Crippen molar-refractivity contribution in [2.24, 2.45) is 9.98 Å². The largest absolute Gasteiger partial charge is 0.295 e. The molecule has 0 aliphatic carbocycles. The van der Waals surface area contributed by atoms with E-state index in [9.17, 15) is 19.2 Å². The quantitative estimate of drug-likeness (QED) is 0.682. The van der Waals surface area contributed by atoms with Crippen molar-refractivity contribution in [1.82, 2.24) is 9.88 Å². The van der Waals surface area contributed by atoms with Crippen molar-refractivity contribution in [3.63, 3.8) is 0 Å². The molecule has 8 nitrogen and oxygen atoms in total. The fourth-order valence-electron chi connectivity index (χ4n) is 2.14. The summed E-state index contributed by atoms with van der Waals surface area (Å²) in [6.07, 6.45) is 1.29. The topological polar surface area (TPSA) is 110 Å². The Balaban J connectivity index is 0.00000116. The number of aromatic nitrogens is 1. The lowest BCUT2D eigenvalue weighted by molar-refractivity contribution is -0.135. The fraction of sp³-hybridized carbons (Fsp3) is 0.429. The molecule has 2 rings (SSSR count). The van der Waals surface area contributed by atoms with E-state index < -0.39 is 29.0 Å². The first-order valence-electron chi connectivity index (χ1n) is 6.88. The Hall–Kier alpha value is -2.64. The minimum Gasteiger partial charge on any atom is -0.295 e. The SMILES string of the molecule is C=CN=c1c(=NC)c(=O)n(C2CCC(=O)NC2=O)c1=O.CC. The van der Waals surface area contributed by atoms with Gasteiger partial charge in [0, 0.05) is 19.7 Å². The van der Waals surface area contributed by atoms with Crippen LogP contribution < -0.4 is 27.1 Å². The monoisotopic (exact) mass is 306 g/mol. The zero-order valence-corrected chi connectivity index (χ0v) is 12.8. The lowest BCUT2D eigenvalue weighted by atomic mass is 10.1. The normalized spacial score (nSPS) is 19.5. The summed E-state index contributed by atoms with van der Waals surface area (Å²) in [6, 6.07) is -1.01. The number of amides is 2. The second-order valence-corrected chi connectivity index (χ2v) is 4.18. The van der Waals surface area contributed by atoms with Crippen LogP contribution in [0.1, 0.15) is 32.7 Å². The first kappa shape index (κ1) is 17.4. The minimum absolute atomic E-state index is 0.0694. The maximum absolute atomic E-state index is 12.2. The van der Waals surface area contributed by atoms with Crippen LogP contribution >= 0.6 is 0 Å². The van der Waals surface area contributed by atoms with Crippen molar-refractivity contribution in [3.8, 4) is 0 Å². The van der Waals surface area contributed by atoms with E-state index in [1.807, 2.05) is 13.8 Å². The molecule has 2 heterocycles. The third-order valence-electron chi connectivity index (χ3n) is 3.03. The summed E-state index contributed by atoms with van der Waals surface area (Å²) in [6.45, 7) is 7.37. The number of carbonyl (C=O) groups is 2. The molecule has 1 saturated heterocycles. The van der Waals surface area contributed by atoms with Crippen LogP contribution in [-0.4, -0.2) is 23.4 Å². The number of hydrogen-bond donors (Lipinski definition) is 1. The van der Waals surface area contributed by atoms with Crippen LogP contribution in [0.25, 0.3) is 0 Å². The molecule has 1 unspecified atom stereocenters. The predicted octanol–water partition coefficient (Wildman–Crippen LogP) is -1.34. The van der Waals surface area contributed by atoms with Gasteiger partial charge in [-0.1, -0.05) is 20.4 Å². The van der Waals surface area contributed by atoms with E-state index in [1.165, 1.54) is 7.05 Å². The van der Waals surface area contributed by atoms with Gasteiger partial charge in [0.15, 0.2) is 10.7 Å². The van der Waals surface area contributed by atoms with Crippen LogP contribution in [-0.2, 0) is 9.59 Å². The van der Waals surface area contributed by atoms with Gasteiger partial charge in [-0.3, -0.25) is 34.1 Å². The lowest BCUT2D eigenvalue weighted by Crippen LogP contribution is -2.47. The van der Waals surface area contributed by atoms with Gasteiger partial charge in [0.1, 0.15) is 6.04 Å². The molecule has 0 saturated carbocycles. The zero-order valence-electron chi connectivity index (χ0n) is 12.8. The van der Waals surface area contributed by atoms with E-state index in [4.69, 9.17) is 0 Å². The van der Waals surface area contributed by atoms with Crippen LogP contribution in [0.3, 0.4) is 0 Å². The fourth-order valence-corrected chi connectivity index (χ4v) is 2.14. The van der Waals surface area contributed by atoms with Crippen molar-refractivity contribution in [1.29, 1.82) is 0 Å². The highest BCUT2D eigenvalue weighted by Crippen LogP contribution is 2.14. The number of nitrogens with zero attached hydrogens (tertiary/aromatic N) is 3. The average molecular weight is 306 g/mol. The molecule has 1 fully saturated rings. The van der Waals surface area contributed by atoms with E-state index in [1.54, 1.807) is 0 Å². The molecular weight excluding hydrogens is 288 g/mol. The Morgan fingerprint density at radius 3 is 2.27 bits per heavy atom. The molecular formula is C14H18N4O4. The van der Waals surface area contributed by atoms with E-state index in [0.717, 1.165) is 10.8 Å². The molecule has 0 aromatic carbocycles. The predicted molar refractivity (Wildman–Crippen MR) is 79.4 cm³/mol. The molecule has 8 heteroatoms. The molecule has 1 atom stereocenters. The Labute approximate surface area is 126 Å². The van der Waals surface area contributed by atoms with Crippen molar-refractivity contribution in [3.05, 3.63) is 44.2 Å². The zero-order chi connectivity index (χ0) is 16.9. The molecule has 1 aliphatic heterocycles. The van der Waals surface area contributed by atoms with Gasteiger partial charge in [0.25, 0.3) is 11.1 Å². The van der Waals surface area contributed by atoms with Crippen molar-refractivity contribution in [2.75, 3.05) is 7.05 Å². The van der Waals surface area contributed by atoms with Crippen molar-refractivity contribution in [2.45, 2.75) is 32.7 Å². The maximum Gasteiger partial charge on any atom is 0.282 e. The maximum atomic E-state index is 12.2. The van der Waals surface area contributed by atoms with Gasteiger partial charge in [0.05, 0.1) is 0 Å². The van der Waals surface area contributed by atoms with Crippen LogP contribution in [0.2, 0.25) is 0 Å². The highest BCUT2D eigenvalue weighted by atomic mass is 16.2. The molecule has 2 amide bonds. The summed E-state index contributed by atoms with van der Waals surface area (Å²) in [5.74, 6) is -1.09. The minimum atomic E-state index is -1.01. The molecule has 118 valence electrons. The Morgan fingerprint density at radius 1 is 1.18 bits per heavy atom. The van der Waals surface area contributed by atoms with Crippen molar-refractivity contribution < 1.29 is 9.59 Å². The molecule has 0 bridgehead atoms. The van der Waals surface area contributed by atoms with Gasteiger partial charge in [0.2, 0.25) is 11.8 Å². The molecule has 1 aromatic rings. The smallest absolute Gasteiger partial charge is 0.282 e. The van der Waals surface area contributed by atoms with E-state index in [2.05, 4.69) is 21.9 Å². The van der Waals surface area contributed by atoms with Crippen LogP contribution in [0.4, 0.5) is 0 Å². The lowest BCUT2D eigenvalue weighted by Gasteiger charge is -2.20. The molecule has 0 radical (unpaired) electrons. The van der Waals surface area contributed by atoms with Crippen LogP contribution in [0.5, 0.6) is 0 Å². The second-order valence-electron chi connectivity index (χ2n) is 4.18. The highest BCUT2D eigenvalue weighted by Gasteiger charge is 2.31. The van der Waals surface area contributed by atoms with Gasteiger partial charge < -0.3 is 0 Å². The van der Waals surface area contributed by atoms with Gasteiger partial charge >= 0.3 is 0 Å². The summed E-state index contributed by atoms with van der Waals surface area (Å²) in [5.41, 5.74) is -1.39. The first-order valence-corrected chi connectivity index (χ1v) is 6.88. The third kappa shape index (κ3) is 3.00. The molecule has 1 N–H and O–H groups in total. The van der Waals surface area contributed by atoms with Gasteiger partial charge in [-0.05, 0) is 6.42 Å². The first-order chi connectivity index (χ1) is 10.5. The van der Waals surface area contributed by atoms with Gasteiger partial charge in [-0.15, -0.1) is 0 Å². The summed E-state index contributed by atoms with van der Waals surface area (Å²) in [7, 11) is 1.35. The number of nitrogens with one attached hydrogen (secondary N) is 1. The number of piperidine rings is 1. The van der Waals surface area contributed by atoms with Crippen LogP contribution in [0, 0.1) is 0 Å². The van der Waals surface area contributed by atoms with E-state index >= 15 is 0 Å². The Bertz CT molecular complexity index is 809. The molecule has 0 spiro atoms. The Kier molecular flexibility index (Phi) is 5.85. The third-order valence-corrected chi connectivity index (χ3v) is 3.03. The van der Waals surface area contributed by atoms with Crippen molar-refractivity contribution >= 4 is 11.8 Å². The summed E-state index contributed by atoms with van der Waals surface area (Å²) in [5, 5.41) is 1.85. The number of rotatable bonds is 2. The standard InChI is InChI=1S/C12H12N4O4.C2H6/c1-3-14-9-8(13-2)11(19)16(12(9)20)6-4-5-7(17)15-10(6)18;1-2/h3,6H,1,4-5H2,2H3,(H,15,17,18);1-2H3. The number of hydrogen-bond acceptors (Lipinski definition) is 6. The number of imide groups is 1. The molecule has 22 heavy (non-hydrogen) atoms. The van der Waals surface area contributed by atoms with Gasteiger partial charge in [-0.2, -0.15) is 0 Å². The number of carbonyl (C=O) groups excluding carboxylic acids is 2. The molecule has 1 aromatic heterocycles. The summed E-state index contributed by atoms with van der Waals surface area (Å²) >= 11 is 0. The van der Waals surface area contributed by atoms with E-state index in [-0.39, 0.29) is 23.6 Å². The summed E-state index contributed by atoms with van der Waals surface area (Å²) < 4.78 is 0.798. The van der Waals surface area contributed by atoms with Gasteiger partial charge in [-0.25, -0.2) is 4.99 Å². The summed E-state index contributed by atoms with van der Waals surface area (Å²) in [4.78, 5) is 54.7. The van der Waals surface area contributed by atoms with E-state index in [0.29, 0.717) is 0 Å². The highest BCUT2D eigenvalue weighted by molar-refractivity contribution is 5.99. The average Bonchev–Trinajstić information content (AvgIpc) is 2.73. The molecule has 1 aliphatic rings. The second kappa shape index (κ2) is 7.39. The Morgan fingerprint density at radius 2 is 1.77 bits per heavy atom. The van der Waals surface area contributed by atoms with Crippen LogP contribution in [0.15, 0.2) is 32.4 Å².